The molecule has 1 amide bonds. The van der Waals surface area contributed by atoms with Crippen molar-refractivity contribution < 1.29 is 19.2 Å². The number of amides is 1. The monoisotopic (exact) mass is 389 g/mol. The van der Waals surface area contributed by atoms with Gasteiger partial charge in [-0.25, -0.2) is 4.68 Å². The number of hydrogen-bond acceptors (Lipinski definition) is 6. The minimum atomic E-state index is -0.207. The molecule has 3 N–H and O–H groups in total. The molecule has 0 aliphatic carbocycles. The van der Waals surface area contributed by atoms with Crippen molar-refractivity contribution in [2.45, 2.75) is 32.4 Å². The Balaban J connectivity index is 1.88. The number of carbonyl (C=O) groups excluding carboxylic acids is 1. The molecule has 9 nitrogen and oxygen atoms in total. The van der Waals surface area contributed by atoms with Gasteiger partial charge in [0.25, 0.3) is 0 Å². The molecule has 1 aliphatic heterocycles. The zero-order chi connectivity index (χ0) is 19.9. The first-order valence-electron chi connectivity index (χ1n) is 9.75. The molecule has 1 saturated heterocycles. The summed E-state index contributed by atoms with van der Waals surface area (Å²) in [6.45, 7) is 5.39. The van der Waals surface area contributed by atoms with Gasteiger partial charge in [0.2, 0.25) is 11.7 Å². The Morgan fingerprint density at radius 3 is 2.64 bits per heavy atom. The summed E-state index contributed by atoms with van der Waals surface area (Å²) in [6, 6.07) is 8.06. The molecule has 1 aromatic carbocycles. The number of nitrogens with one attached hydrogen (secondary N) is 1. The molecule has 2 aromatic rings. The molecular weight excluding hydrogens is 360 g/mol. The van der Waals surface area contributed by atoms with Crippen LogP contribution in [-0.4, -0.2) is 59.5 Å². The zero-order valence-electron chi connectivity index (χ0n) is 16.5. The molecule has 0 spiro atoms. The Labute approximate surface area is 164 Å². The first-order chi connectivity index (χ1) is 13.6. The molecule has 1 fully saturated rings. The average Bonchev–Trinajstić information content (AvgIpc) is 3.16. The Kier molecular flexibility index (Phi) is 6.94. The smallest absolute Gasteiger partial charge is 0.220 e. The normalized spacial score (nSPS) is 20.6. The molecule has 1 atom stereocenters. The molecule has 0 bridgehead atoms. The summed E-state index contributed by atoms with van der Waals surface area (Å²) in [5.74, 6) is 1.39. The van der Waals surface area contributed by atoms with Crippen LogP contribution in [0.2, 0.25) is 0 Å². The van der Waals surface area contributed by atoms with Gasteiger partial charge >= 0.3 is 0 Å². The van der Waals surface area contributed by atoms with Gasteiger partial charge in [0.1, 0.15) is 5.75 Å². The highest BCUT2D eigenvalue weighted by atomic mass is 16.5. The molecule has 152 valence electrons. The van der Waals surface area contributed by atoms with Gasteiger partial charge in [-0.2, -0.15) is 0 Å². The average molecular weight is 389 g/mol. The van der Waals surface area contributed by atoms with E-state index in [9.17, 15) is 4.79 Å². The Morgan fingerprint density at radius 2 is 2.04 bits per heavy atom. The summed E-state index contributed by atoms with van der Waals surface area (Å²) >= 11 is 0. The number of carbonyl (C=O) groups is 1. The molecule has 9 heteroatoms. The lowest BCUT2D eigenvalue weighted by Crippen LogP contribution is -3.13. The number of piperidine rings is 1. The number of ether oxygens (including phenoxy) is 2. The maximum atomic E-state index is 11.5. The molecule has 3 rings (SSSR count). The van der Waals surface area contributed by atoms with E-state index in [1.165, 1.54) is 4.90 Å². The van der Waals surface area contributed by atoms with E-state index in [2.05, 4.69) is 27.7 Å². The Hall–Kier alpha value is -2.52. The highest BCUT2D eigenvalue weighted by Crippen LogP contribution is 2.22. The number of rotatable bonds is 9. The van der Waals surface area contributed by atoms with E-state index in [1.807, 2.05) is 19.1 Å². The van der Waals surface area contributed by atoms with Gasteiger partial charge in [-0.05, 0) is 41.6 Å². The first kappa shape index (κ1) is 20.2. The number of primary amides is 1. The van der Waals surface area contributed by atoms with Crippen LogP contribution in [0.3, 0.4) is 0 Å². The summed E-state index contributed by atoms with van der Waals surface area (Å²) < 4.78 is 12.6. The second-order valence-electron chi connectivity index (χ2n) is 7.02. The third kappa shape index (κ3) is 4.66. The van der Waals surface area contributed by atoms with Gasteiger partial charge in [0.05, 0.1) is 32.8 Å². The fourth-order valence-corrected chi connectivity index (χ4v) is 3.81. The van der Waals surface area contributed by atoms with Crippen molar-refractivity contribution in [2.24, 2.45) is 11.7 Å². The molecule has 1 aliphatic rings. The number of likely N-dealkylation sites (tertiary alicyclic amines) is 1. The summed E-state index contributed by atoms with van der Waals surface area (Å²) in [7, 11) is 1.66. The minimum Gasteiger partial charge on any atom is -0.494 e. The van der Waals surface area contributed by atoms with Crippen LogP contribution in [0.4, 0.5) is 0 Å². The van der Waals surface area contributed by atoms with Gasteiger partial charge in [0.15, 0.2) is 6.04 Å². The highest BCUT2D eigenvalue weighted by molar-refractivity contribution is 5.76. The topological polar surface area (TPSA) is 110 Å². The lowest BCUT2D eigenvalue weighted by Gasteiger charge is -2.33. The van der Waals surface area contributed by atoms with E-state index in [-0.39, 0.29) is 17.9 Å². The minimum absolute atomic E-state index is 0.0311. The number of quaternary nitrogens is 1. The molecule has 0 radical (unpaired) electrons. The van der Waals surface area contributed by atoms with Crippen molar-refractivity contribution in [3.05, 3.63) is 35.7 Å². The number of aromatic nitrogens is 4. The first-order valence-corrected chi connectivity index (χ1v) is 9.75. The zero-order valence-corrected chi connectivity index (χ0v) is 16.5. The van der Waals surface area contributed by atoms with Crippen LogP contribution in [-0.2, 0) is 16.1 Å². The van der Waals surface area contributed by atoms with Crippen molar-refractivity contribution in [3.63, 3.8) is 0 Å². The molecule has 28 heavy (non-hydrogen) atoms. The second kappa shape index (κ2) is 9.61. The third-order valence-corrected chi connectivity index (χ3v) is 5.29. The second-order valence-corrected chi connectivity index (χ2v) is 7.02. The number of nitrogens with zero attached hydrogens (tertiary/aromatic N) is 4. The third-order valence-electron chi connectivity index (χ3n) is 5.29. The number of tetrazole rings is 1. The lowest BCUT2D eigenvalue weighted by molar-refractivity contribution is -0.931. The largest absolute Gasteiger partial charge is 0.494 e. The Morgan fingerprint density at radius 1 is 1.32 bits per heavy atom. The van der Waals surface area contributed by atoms with E-state index >= 15 is 0 Å². The van der Waals surface area contributed by atoms with Crippen LogP contribution in [0.25, 0.3) is 0 Å². The predicted molar refractivity (Wildman–Crippen MR) is 102 cm³/mol. The van der Waals surface area contributed by atoms with Crippen molar-refractivity contribution >= 4 is 5.91 Å². The number of nitrogens with two attached hydrogens (primary N) is 1. The van der Waals surface area contributed by atoms with E-state index in [1.54, 1.807) is 11.8 Å². The summed E-state index contributed by atoms with van der Waals surface area (Å²) in [5.41, 5.74) is 6.62. The highest BCUT2D eigenvalue weighted by Gasteiger charge is 2.35. The fraction of sp³-hybridized carbons (Fsp3) is 0.579. The van der Waals surface area contributed by atoms with Gasteiger partial charge in [-0.15, -0.1) is 5.10 Å². The Bertz CT molecular complexity index is 755. The van der Waals surface area contributed by atoms with E-state index in [0.717, 1.165) is 43.1 Å². The van der Waals surface area contributed by atoms with Gasteiger partial charge in [-0.1, -0.05) is 0 Å². The molecule has 1 aromatic heterocycles. The summed E-state index contributed by atoms with van der Waals surface area (Å²) in [4.78, 5) is 12.9. The number of methoxy groups -OCH3 is 1. The van der Waals surface area contributed by atoms with Gasteiger partial charge < -0.3 is 20.1 Å². The maximum absolute atomic E-state index is 11.5. The van der Waals surface area contributed by atoms with E-state index < -0.39 is 0 Å². The van der Waals surface area contributed by atoms with Crippen molar-refractivity contribution in [2.75, 3.05) is 33.4 Å². The van der Waals surface area contributed by atoms with Crippen molar-refractivity contribution in [1.82, 2.24) is 20.2 Å². The van der Waals surface area contributed by atoms with Crippen LogP contribution < -0.4 is 15.4 Å². The van der Waals surface area contributed by atoms with Crippen molar-refractivity contribution in [3.8, 4) is 5.75 Å². The SMILES string of the molecule is CCOc1ccc([C@@H](c2nnnn2CCOC)[NH+]2CCC(C(N)=O)CC2)cc1. The van der Waals surface area contributed by atoms with Crippen LogP contribution in [0.15, 0.2) is 24.3 Å². The lowest BCUT2D eigenvalue weighted by atomic mass is 9.93. The summed E-state index contributed by atoms with van der Waals surface area (Å²) in [5, 5.41) is 12.4. The standard InChI is InChI=1S/C19H28N6O3/c1-3-28-16-6-4-14(5-7-16)17(19-21-22-23-25(19)12-13-27-2)24-10-8-15(9-11-24)18(20)26/h4-7,15,17H,3,8-13H2,1-2H3,(H2,20,26)/p+1/t17-/m0/s1. The van der Waals surface area contributed by atoms with E-state index in [0.29, 0.717) is 19.8 Å². The summed E-state index contributed by atoms with van der Waals surface area (Å²) in [6.07, 6.45) is 1.55. The molecule has 2 heterocycles. The molecule has 0 unspecified atom stereocenters. The van der Waals surface area contributed by atoms with Crippen LogP contribution in [0, 0.1) is 5.92 Å². The van der Waals surface area contributed by atoms with Crippen LogP contribution in [0.5, 0.6) is 5.75 Å². The molecular formula is C19H29N6O3+. The molecule has 0 saturated carbocycles. The predicted octanol–water partition coefficient (Wildman–Crippen LogP) is -0.412. The fourth-order valence-electron chi connectivity index (χ4n) is 3.81. The van der Waals surface area contributed by atoms with Crippen LogP contribution >= 0.6 is 0 Å². The number of hydrogen-bond donors (Lipinski definition) is 2. The van der Waals surface area contributed by atoms with Gasteiger partial charge in [0, 0.05) is 31.4 Å². The van der Waals surface area contributed by atoms with Crippen LogP contribution in [0.1, 0.15) is 37.2 Å². The van der Waals surface area contributed by atoms with Gasteiger partial charge in [-0.3, -0.25) is 4.79 Å². The van der Waals surface area contributed by atoms with Crippen molar-refractivity contribution in [1.29, 1.82) is 0 Å². The number of benzene rings is 1. The quantitative estimate of drug-likeness (QED) is 0.603. The van der Waals surface area contributed by atoms with E-state index in [4.69, 9.17) is 15.2 Å². The maximum Gasteiger partial charge on any atom is 0.220 e.